The zero-order valence-electron chi connectivity index (χ0n) is 25.2. The van der Waals surface area contributed by atoms with Crippen molar-refractivity contribution >= 4 is 17.6 Å². The predicted molar refractivity (Wildman–Crippen MR) is 154 cm³/mol. The van der Waals surface area contributed by atoms with E-state index in [-0.39, 0.29) is 12.6 Å². The summed E-state index contributed by atoms with van der Waals surface area (Å²) in [7, 11) is 0. The number of hydrogen-bond donors (Lipinski definition) is 0. The molecule has 0 aliphatic carbocycles. The molecule has 0 unspecified atom stereocenters. The van der Waals surface area contributed by atoms with Crippen molar-refractivity contribution in [1.82, 2.24) is 0 Å². The third-order valence-electron chi connectivity index (χ3n) is 5.04. The first kappa shape index (κ1) is 40.4. The monoisotopic (exact) mass is 618 g/mol. The van der Waals surface area contributed by atoms with E-state index < -0.39 is 0 Å². The van der Waals surface area contributed by atoms with Crippen LogP contribution in [0.1, 0.15) is 32.6 Å². The van der Waals surface area contributed by atoms with Gasteiger partial charge in [0.1, 0.15) is 6.61 Å². The van der Waals surface area contributed by atoms with Gasteiger partial charge in [0.2, 0.25) is 0 Å². The number of unbranched alkanes of at least 4 members (excludes halogenated alkanes) is 2. The molecule has 41 heavy (non-hydrogen) atoms. The summed E-state index contributed by atoms with van der Waals surface area (Å²) in [5.41, 5.74) is 0. The molecule has 0 amide bonds. The summed E-state index contributed by atoms with van der Waals surface area (Å²) < 4.78 is 59.1. The molecule has 0 saturated heterocycles. The van der Waals surface area contributed by atoms with Crippen LogP contribution < -0.4 is 0 Å². The molecule has 0 N–H and O–H groups in total. The van der Waals surface area contributed by atoms with Crippen molar-refractivity contribution in [3.63, 3.8) is 0 Å². The molecule has 0 saturated carbocycles. The molecule has 0 aromatic carbocycles. The number of hydrogen-bond acceptors (Lipinski definition) is 12. The Labute approximate surface area is 251 Å². The van der Waals surface area contributed by atoms with Crippen molar-refractivity contribution in [3.05, 3.63) is 0 Å². The van der Waals surface area contributed by atoms with Crippen LogP contribution in [-0.4, -0.2) is 151 Å². The van der Waals surface area contributed by atoms with Gasteiger partial charge in [-0.05, 0) is 6.42 Å². The van der Waals surface area contributed by atoms with Gasteiger partial charge in [-0.25, -0.2) is 0 Å². The fourth-order valence-electron chi connectivity index (χ4n) is 2.94. The molecular weight excluding hydrogens is 564 g/mol. The van der Waals surface area contributed by atoms with Gasteiger partial charge in [0, 0.05) is 12.3 Å². The lowest BCUT2D eigenvalue weighted by Crippen LogP contribution is -2.15. The largest absolute Gasteiger partial charge is 0.463 e. The summed E-state index contributed by atoms with van der Waals surface area (Å²) >= 11 is 5.50. The summed E-state index contributed by atoms with van der Waals surface area (Å²) in [5.74, 6) is 0.337. The first-order valence-corrected chi connectivity index (χ1v) is 15.3. The zero-order chi connectivity index (χ0) is 29.7. The molecule has 0 heterocycles. The molecule has 0 radical (unpaired) electrons. The van der Waals surface area contributed by atoms with Crippen molar-refractivity contribution in [2.24, 2.45) is 0 Å². The van der Waals surface area contributed by atoms with Gasteiger partial charge in [-0.2, -0.15) is 0 Å². The molecule has 0 bridgehead atoms. The first-order valence-electron chi connectivity index (χ1n) is 14.8. The van der Waals surface area contributed by atoms with Gasteiger partial charge in [-0.1, -0.05) is 19.8 Å². The Kier molecular flexibility index (Phi) is 36.8. The molecule has 13 heteroatoms. The Bertz CT molecular complexity index is 505. The lowest BCUT2D eigenvalue weighted by molar-refractivity contribution is -0.145. The van der Waals surface area contributed by atoms with Crippen molar-refractivity contribution in [3.8, 4) is 0 Å². The summed E-state index contributed by atoms with van der Waals surface area (Å²) in [6, 6.07) is 0. The minimum absolute atomic E-state index is 0.159. The third kappa shape index (κ3) is 37.3. The predicted octanol–water partition coefficient (Wildman–Crippen LogP) is 2.51. The maximum absolute atomic E-state index is 11.4. The van der Waals surface area contributed by atoms with Crippen molar-refractivity contribution in [2.45, 2.75) is 32.6 Å². The van der Waals surface area contributed by atoms with E-state index in [4.69, 9.17) is 63.7 Å². The zero-order valence-corrected chi connectivity index (χ0v) is 25.9. The molecule has 0 aliphatic heterocycles. The normalized spacial score (nSPS) is 11.4. The van der Waals surface area contributed by atoms with E-state index in [1.165, 1.54) is 0 Å². The van der Waals surface area contributed by atoms with E-state index >= 15 is 0 Å². The molecule has 0 aliphatic rings. The van der Waals surface area contributed by atoms with Crippen LogP contribution in [0.3, 0.4) is 0 Å². The molecule has 246 valence electrons. The summed E-state index contributed by atoms with van der Waals surface area (Å²) in [6.45, 7) is 12.4. The van der Waals surface area contributed by atoms with Crippen LogP contribution in [-0.2, 0) is 56.9 Å². The highest BCUT2D eigenvalue weighted by molar-refractivity contribution is 6.17. The maximum atomic E-state index is 11.4. The minimum atomic E-state index is -0.159. The van der Waals surface area contributed by atoms with Gasteiger partial charge in [0.05, 0.1) is 132 Å². The van der Waals surface area contributed by atoms with Crippen LogP contribution in [0.2, 0.25) is 0 Å². The lowest BCUT2D eigenvalue weighted by atomic mass is 10.2. The second-order valence-corrected chi connectivity index (χ2v) is 8.87. The van der Waals surface area contributed by atoms with E-state index in [0.29, 0.717) is 144 Å². The molecule has 0 fully saturated rings. The number of alkyl halides is 1. The Hall–Kier alpha value is -0.640. The molecule has 0 atom stereocenters. The Morgan fingerprint density at radius 3 is 0.951 bits per heavy atom. The van der Waals surface area contributed by atoms with Crippen LogP contribution in [0, 0.1) is 0 Å². The topological polar surface area (TPSA) is 119 Å². The average Bonchev–Trinajstić information content (AvgIpc) is 2.98. The van der Waals surface area contributed by atoms with E-state index in [9.17, 15) is 4.79 Å². The van der Waals surface area contributed by atoms with Crippen LogP contribution in [0.4, 0.5) is 0 Å². The average molecular weight is 619 g/mol. The highest BCUT2D eigenvalue weighted by atomic mass is 35.5. The van der Waals surface area contributed by atoms with Crippen LogP contribution in [0.25, 0.3) is 0 Å². The van der Waals surface area contributed by atoms with E-state index in [0.717, 1.165) is 19.3 Å². The quantitative estimate of drug-likeness (QED) is 0.0583. The SMILES string of the molecule is CCCCCC(=O)OCCOCCOCCOCCOCCOCCOCCOCCOCCOCCOCCCl. The van der Waals surface area contributed by atoms with E-state index in [1.54, 1.807) is 0 Å². The standard InChI is InChI=1S/C28H55ClO12/c1-2-3-4-5-28(30)41-27-26-40-25-24-39-23-22-38-21-20-37-19-18-36-17-16-35-15-14-34-13-12-33-11-10-32-9-8-31-7-6-29/h2-27H2,1H3. The van der Waals surface area contributed by atoms with Gasteiger partial charge in [0.25, 0.3) is 0 Å². The fourth-order valence-corrected chi connectivity index (χ4v) is 3.05. The fraction of sp³-hybridized carbons (Fsp3) is 0.964. The van der Waals surface area contributed by atoms with Gasteiger partial charge >= 0.3 is 5.97 Å². The second-order valence-electron chi connectivity index (χ2n) is 8.49. The number of esters is 1. The molecule has 0 aromatic rings. The number of carbonyl (C=O) groups is 1. The summed E-state index contributed by atoms with van der Waals surface area (Å²) in [5, 5.41) is 0. The van der Waals surface area contributed by atoms with Crippen LogP contribution in [0.15, 0.2) is 0 Å². The van der Waals surface area contributed by atoms with Gasteiger partial charge in [-0.15, -0.1) is 11.6 Å². The molecule has 12 nitrogen and oxygen atoms in total. The van der Waals surface area contributed by atoms with Gasteiger partial charge in [-0.3, -0.25) is 4.79 Å². The van der Waals surface area contributed by atoms with Crippen molar-refractivity contribution in [1.29, 1.82) is 0 Å². The van der Waals surface area contributed by atoms with Gasteiger partial charge in [0.15, 0.2) is 0 Å². The van der Waals surface area contributed by atoms with Gasteiger partial charge < -0.3 is 52.1 Å². The van der Waals surface area contributed by atoms with Crippen LogP contribution >= 0.6 is 11.6 Å². The Morgan fingerprint density at radius 1 is 0.415 bits per heavy atom. The molecule has 0 spiro atoms. The Balaban J connectivity index is 3.06. The highest BCUT2D eigenvalue weighted by Gasteiger charge is 2.02. The molecule has 0 rings (SSSR count). The molecule has 0 aromatic heterocycles. The number of ether oxygens (including phenoxy) is 11. The Morgan fingerprint density at radius 2 is 0.683 bits per heavy atom. The molecular formula is C28H55ClO12. The minimum Gasteiger partial charge on any atom is -0.463 e. The number of rotatable bonds is 36. The van der Waals surface area contributed by atoms with Crippen molar-refractivity contribution < 1.29 is 56.9 Å². The first-order chi connectivity index (χ1) is 20.3. The van der Waals surface area contributed by atoms with Crippen molar-refractivity contribution in [2.75, 3.05) is 145 Å². The number of halogens is 1. The smallest absolute Gasteiger partial charge is 0.305 e. The third-order valence-corrected chi connectivity index (χ3v) is 5.20. The summed E-state index contributed by atoms with van der Waals surface area (Å²) in [4.78, 5) is 11.4. The maximum Gasteiger partial charge on any atom is 0.305 e. The van der Waals surface area contributed by atoms with Crippen LogP contribution in [0.5, 0.6) is 0 Å². The van der Waals surface area contributed by atoms with E-state index in [2.05, 4.69) is 6.92 Å². The lowest BCUT2D eigenvalue weighted by Gasteiger charge is -2.09. The summed E-state index contributed by atoms with van der Waals surface area (Å²) in [6.07, 6.45) is 3.50. The van der Waals surface area contributed by atoms with E-state index in [1.807, 2.05) is 0 Å². The number of carbonyl (C=O) groups excluding carboxylic acids is 1. The second kappa shape index (κ2) is 37.4. The highest BCUT2D eigenvalue weighted by Crippen LogP contribution is 2.00.